The number of hydrogen-bond donors (Lipinski definition) is 2. The number of hydrogen-bond acceptors (Lipinski definition) is 4. The van der Waals surface area contributed by atoms with Crippen molar-refractivity contribution in [3.8, 4) is 5.75 Å². The average molecular weight is 451 g/mol. The number of carbonyl (C=O) groups excluding carboxylic acids is 1. The highest BCUT2D eigenvalue weighted by atomic mass is 19.4. The maximum absolute atomic E-state index is 12.8. The molecule has 0 aromatic heterocycles. The third kappa shape index (κ3) is 5.42. The van der Waals surface area contributed by atoms with E-state index in [0.29, 0.717) is 31.6 Å². The van der Waals surface area contributed by atoms with Gasteiger partial charge >= 0.3 is 6.18 Å². The highest BCUT2D eigenvalue weighted by Crippen LogP contribution is 2.43. The minimum absolute atomic E-state index is 0.156. The molecular weight excluding hydrogens is 421 g/mol. The van der Waals surface area contributed by atoms with Crippen LogP contribution in [0.1, 0.15) is 40.7 Å². The molecule has 0 bridgehead atoms. The lowest BCUT2D eigenvalue weighted by Gasteiger charge is -2.44. The second kappa shape index (κ2) is 9.50. The Labute approximate surface area is 186 Å². The van der Waals surface area contributed by atoms with Crippen molar-refractivity contribution in [2.75, 3.05) is 27.7 Å². The normalized spacial score (nSPS) is 23.8. The number of amides is 1. The maximum atomic E-state index is 12.8. The van der Waals surface area contributed by atoms with Gasteiger partial charge < -0.3 is 20.1 Å². The van der Waals surface area contributed by atoms with Crippen molar-refractivity contribution in [1.82, 2.24) is 10.2 Å². The van der Waals surface area contributed by atoms with E-state index in [2.05, 4.69) is 5.32 Å². The van der Waals surface area contributed by atoms with Crippen LogP contribution in [0.15, 0.2) is 48.5 Å². The molecule has 2 aromatic rings. The summed E-state index contributed by atoms with van der Waals surface area (Å²) in [5.74, 6) is 0.0904. The Bertz CT molecular complexity index is 931. The molecule has 0 spiro atoms. The SMILES string of the molecule is COc1cccc(C2(O)CCC(NC(=O)c3ccc(C(F)(F)F)cc3)CC2CN(C)C)c1. The highest BCUT2D eigenvalue weighted by Gasteiger charge is 2.44. The van der Waals surface area contributed by atoms with Crippen LogP contribution in [-0.2, 0) is 11.8 Å². The van der Waals surface area contributed by atoms with Gasteiger partial charge in [0.05, 0.1) is 18.3 Å². The number of alkyl halides is 3. The zero-order valence-corrected chi connectivity index (χ0v) is 18.4. The first-order valence-corrected chi connectivity index (χ1v) is 10.5. The van der Waals surface area contributed by atoms with Gasteiger partial charge in [-0.1, -0.05) is 12.1 Å². The van der Waals surface area contributed by atoms with E-state index >= 15 is 0 Å². The molecule has 2 aromatic carbocycles. The molecule has 5 nitrogen and oxygen atoms in total. The number of nitrogens with one attached hydrogen (secondary N) is 1. The summed E-state index contributed by atoms with van der Waals surface area (Å²) in [4.78, 5) is 14.6. The van der Waals surface area contributed by atoms with Crippen LogP contribution in [0.2, 0.25) is 0 Å². The zero-order chi connectivity index (χ0) is 23.5. The lowest BCUT2D eigenvalue weighted by molar-refractivity contribution is -0.137. The average Bonchev–Trinajstić information content (AvgIpc) is 2.75. The number of benzene rings is 2. The van der Waals surface area contributed by atoms with Crippen molar-refractivity contribution in [2.24, 2.45) is 5.92 Å². The first-order valence-electron chi connectivity index (χ1n) is 10.5. The van der Waals surface area contributed by atoms with Crippen molar-refractivity contribution < 1.29 is 27.8 Å². The van der Waals surface area contributed by atoms with Crippen LogP contribution in [-0.4, -0.2) is 49.7 Å². The molecule has 174 valence electrons. The molecule has 3 unspecified atom stereocenters. The number of halogens is 3. The molecule has 32 heavy (non-hydrogen) atoms. The molecule has 2 N–H and O–H groups in total. The Morgan fingerprint density at radius 2 is 1.91 bits per heavy atom. The summed E-state index contributed by atoms with van der Waals surface area (Å²) >= 11 is 0. The lowest BCUT2D eigenvalue weighted by atomic mass is 9.69. The van der Waals surface area contributed by atoms with Gasteiger partial charge in [-0.25, -0.2) is 0 Å². The zero-order valence-electron chi connectivity index (χ0n) is 18.4. The van der Waals surface area contributed by atoms with Crippen LogP contribution < -0.4 is 10.1 Å². The van der Waals surface area contributed by atoms with Crippen molar-refractivity contribution >= 4 is 5.91 Å². The monoisotopic (exact) mass is 450 g/mol. The largest absolute Gasteiger partial charge is 0.497 e. The van der Waals surface area contributed by atoms with E-state index in [-0.39, 0.29) is 17.5 Å². The standard InChI is InChI=1S/C24H29F3N2O3/c1-29(2)15-19-13-20(11-12-23(19,31)18-5-4-6-21(14-18)32-3)28-22(30)16-7-9-17(10-8-16)24(25,26)27/h4-10,14,19-20,31H,11-13,15H2,1-3H3,(H,28,30). The Kier molecular flexibility index (Phi) is 7.15. The summed E-state index contributed by atoms with van der Waals surface area (Å²) in [6.07, 6.45) is -2.92. The Morgan fingerprint density at radius 1 is 1.22 bits per heavy atom. The third-order valence-electron chi connectivity index (χ3n) is 6.08. The van der Waals surface area contributed by atoms with E-state index in [9.17, 15) is 23.1 Å². The topological polar surface area (TPSA) is 61.8 Å². The van der Waals surface area contributed by atoms with Crippen molar-refractivity contribution in [3.05, 3.63) is 65.2 Å². The first-order chi connectivity index (χ1) is 15.0. The molecular formula is C24H29F3N2O3. The molecule has 0 radical (unpaired) electrons. The summed E-state index contributed by atoms with van der Waals surface area (Å²) in [6, 6.07) is 11.4. The summed E-state index contributed by atoms with van der Waals surface area (Å²) < 4.78 is 43.6. The molecule has 0 heterocycles. The van der Waals surface area contributed by atoms with Crippen molar-refractivity contribution in [2.45, 2.75) is 37.1 Å². The van der Waals surface area contributed by atoms with Crippen LogP contribution in [0, 0.1) is 5.92 Å². The van der Waals surface area contributed by atoms with Crippen LogP contribution >= 0.6 is 0 Å². The number of ether oxygens (including phenoxy) is 1. The number of rotatable bonds is 6. The van der Waals surface area contributed by atoms with Gasteiger partial charge in [0.25, 0.3) is 5.91 Å². The molecule has 8 heteroatoms. The summed E-state index contributed by atoms with van der Waals surface area (Å²) in [6.45, 7) is 0.611. The maximum Gasteiger partial charge on any atom is 0.416 e. The minimum atomic E-state index is -4.44. The van der Waals surface area contributed by atoms with Gasteiger partial charge in [-0.15, -0.1) is 0 Å². The van der Waals surface area contributed by atoms with Crippen LogP contribution in [0.25, 0.3) is 0 Å². The van der Waals surface area contributed by atoms with E-state index in [1.807, 2.05) is 43.3 Å². The number of aliphatic hydroxyl groups is 1. The predicted octanol–water partition coefficient (Wildman–Crippen LogP) is 4.06. The first kappa shape index (κ1) is 24.1. The second-order valence-corrected chi connectivity index (χ2v) is 8.64. The molecule has 1 aliphatic carbocycles. The fourth-order valence-corrected chi connectivity index (χ4v) is 4.40. The van der Waals surface area contributed by atoms with E-state index < -0.39 is 23.2 Å². The van der Waals surface area contributed by atoms with Crippen LogP contribution in [0.4, 0.5) is 13.2 Å². The molecule has 3 atom stereocenters. The van der Waals surface area contributed by atoms with Crippen molar-refractivity contribution in [1.29, 1.82) is 0 Å². The predicted molar refractivity (Wildman–Crippen MR) is 115 cm³/mol. The summed E-state index contributed by atoms with van der Waals surface area (Å²) in [5, 5.41) is 14.6. The van der Waals surface area contributed by atoms with E-state index in [1.54, 1.807) is 7.11 Å². The van der Waals surface area contributed by atoms with Crippen LogP contribution in [0.3, 0.4) is 0 Å². The van der Waals surface area contributed by atoms with Crippen LogP contribution in [0.5, 0.6) is 5.75 Å². The molecule has 1 amide bonds. The molecule has 1 fully saturated rings. The van der Waals surface area contributed by atoms with Gasteiger partial charge in [-0.05, 0) is 75.3 Å². The quantitative estimate of drug-likeness (QED) is 0.697. The Balaban J connectivity index is 1.75. The van der Waals surface area contributed by atoms with Gasteiger partial charge in [-0.3, -0.25) is 4.79 Å². The molecule has 1 saturated carbocycles. The Morgan fingerprint density at radius 3 is 2.50 bits per heavy atom. The molecule has 3 rings (SSSR count). The molecule has 1 aliphatic rings. The minimum Gasteiger partial charge on any atom is -0.497 e. The smallest absolute Gasteiger partial charge is 0.416 e. The number of methoxy groups -OCH3 is 1. The molecule has 0 aliphatic heterocycles. The fraction of sp³-hybridized carbons (Fsp3) is 0.458. The van der Waals surface area contributed by atoms with E-state index in [4.69, 9.17) is 4.74 Å². The summed E-state index contributed by atoms with van der Waals surface area (Å²) in [5.41, 5.74) is -0.915. The van der Waals surface area contributed by atoms with Gasteiger partial charge in [0, 0.05) is 24.1 Å². The Hall–Kier alpha value is -2.58. The number of nitrogens with zero attached hydrogens (tertiary/aromatic N) is 1. The third-order valence-corrected chi connectivity index (χ3v) is 6.08. The fourth-order valence-electron chi connectivity index (χ4n) is 4.40. The van der Waals surface area contributed by atoms with Gasteiger partial charge in [0.1, 0.15) is 5.75 Å². The van der Waals surface area contributed by atoms with Crippen molar-refractivity contribution in [3.63, 3.8) is 0 Å². The molecule has 0 saturated heterocycles. The number of carbonyl (C=O) groups is 1. The highest BCUT2D eigenvalue weighted by molar-refractivity contribution is 5.94. The summed E-state index contributed by atoms with van der Waals surface area (Å²) in [7, 11) is 5.43. The van der Waals surface area contributed by atoms with Gasteiger partial charge in [-0.2, -0.15) is 13.2 Å². The van der Waals surface area contributed by atoms with E-state index in [1.165, 1.54) is 12.1 Å². The van der Waals surface area contributed by atoms with Gasteiger partial charge in [0.2, 0.25) is 0 Å². The lowest BCUT2D eigenvalue weighted by Crippen LogP contribution is -2.50. The van der Waals surface area contributed by atoms with Gasteiger partial charge in [0.15, 0.2) is 0 Å². The second-order valence-electron chi connectivity index (χ2n) is 8.64. The van der Waals surface area contributed by atoms with E-state index in [0.717, 1.165) is 17.7 Å².